The summed E-state index contributed by atoms with van der Waals surface area (Å²) >= 11 is 0. The Morgan fingerprint density at radius 2 is 2.00 bits per heavy atom. The van der Waals surface area contributed by atoms with Gasteiger partial charge in [0.05, 0.1) is 19.1 Å². The number of amides is 1. The van der Waals surface area contributed by atoms with Crippen LogP contribution >= 0.6 is 0 Å². The smallest absolute Gasteiger partial charge is 0.225 e. The van der Waals surface area contributed by atoms with Crippen LogP contribution in [0.4, 0.5) is 0 Å². The van der Waals surface area contributed by atoms with Gasteiger partial charge in [-0.15, -0.1) is 0 Å². The molecule has 0 bridgehead atoms. The molecule has 6 heteroatoms. The molecule has 0 N–H and O–H groups in total. The molecular weight excluding hydrogens is 328 g/mol. The molecule has 26 heavy (non-hydrogen) atoms. The molecule has 1 aromatic heterocycles. The van der Waals surface area contributed by atoms with E-state index in [4.69, 9.17) is 4.74 Å². The molecular formula is C20H32N4O2. The average molecular weight is 361 g/mol. The molecule has 0 radical (unpaired) electrons. The van der Waals surface area contributed by atoms with Crippen molar-refractivity contribution in [2.75, 3.05) is 45.9 Å². The summed E-state index contributed by atoms with van der Waals surface area (Å²) in [6.07, 6.45) is 5.25. The molecule has 3 rings (SSSR count). The maximum atomic E-state index is 12.8. The molecule has 1 aromatic rings. The molecule has 0 saturated carbocycles. The topological polar surface area (TPSA) is 48.9 Å². The number of nitrogens with zero attached hydrogens (tertiary/aromatic N) is 4. The van der Waals surface area contributed by atoms with Crippen LogP contribution in [0.25, 0.3) is 0 Å². The van der Waals surface area contributed by atoms with Crippen LogP contribution in [0.1, 0.15) is 32.3 Å². The van der Waals surface area contributed by atoms with Gasteiger partial charge in [-0.25, -0.2) is 0 Å². The van der Waals surface area contributed by atoms with E-state index in [-0.39, 0.29) is 12.0 Å². The molecule has 0 aliphatic carbocycles. The zero-order valence-corrected chi connectivity index (χ0v) is 16.1. The van der Waals surface area contributed by atoms with Crippen molar-refractivity contribution in [2.45, 2.75) is 45.4 Å². The van der Waals surface area contributed by atoms with E-state index in [1.54, 1.807) is 0 Å². The van der Waals surface area contributed by atoms with Crippen molar-refractivity contribution in [3.63, 3.8) is 0 Å². The molecule has 144 valence electrons. The molecule has 0 aromatic carbocycles. The van der Waals surface area contributed by atoms with E-state index in [1.807, 2.05) is 17.3 Å². The first-order valence-corrected chi connectivity index (χ1v) is 9.86. The van der Waals surface area contributed by atoms with Crippen molar-refractivity contribution in [3.8, 4) is 0 Å². The third-order valence-corrected chi connectivity index (χ3v) is 5.40. The van der Waals surface area contributed by atoms with Crippen LogP contribution < -0.4 is 0 Å². The lowest BCUT2D eigenvalue weighted by Crippen LogP contribution is -2.47. The zero-order chi connectivity index (χ0) is 18.4. The molecule has 6 nitrogen and oxygen atoms in total. The van der Waals surface area contributed by atoms with Crippen LogP contribution in [0, 0.1) is 0 Å². The number of hydrogen-bond acceptors (Lipinski definition) is 5. The molecule has 1 amide bonds. The van der Waals surface area contributed by atoms with Crippen molar-refractivity contribution in [3.05, 3.63) is 30.1 Å². The number of rotatable bonds is 5. The Bertz CT molecular complexity index is 566. The first kappa shape index (κ1) is 19.3. The average Bonchev–Trinajstić information content (AvgIpc) is 2.88. The third-order valence-electron chi connectivity index (χ3n) is 5.40. The van der Waals surface area contributed by atoms with E-state index in [0.717, 1.165) is 58.8 Å². The fourth-order valence-corrected chi connectivity index (χ4v) is 3.78. The number of carbonyl (C=O) groups excluding carboxylic acids is 1. The van der Waals surface area contributed by atoms with Crippen molar-refractivity contribution in [2.24, 2.45) is 0 Å². The highest BCUT2D eigenvalue weighted by molar-refractivity contribution is 5.76. The number of carbonyl (C=O) groups is 1. The second-order valence-electron chi connectivity index (χ2n) is 7.65. The molecule has 2 fully saturated rings. The predicted octanol–water partition coefficient (Wildman–Crippen LogP) is 1.62. The summed E-state index contributed by atoms with van der Waals surface area (Å²) in [6, 6.07) is 4.64. The molecule has 2 saturated heterocycles. The lowest BCUT2D eigenvalue weighted by Gasteiger charge is -2.36. The lowest BCUT2D eigenvalue weighted by molar-refractivity contribution is -0.136. The molecule has 2 aliphatic heterocycles. The fraction of sp³-hybridized carbons (Fsp3) is 0.700. The Morgan fingerprint density at radius 1 is 1.19 bits per heavy atom. The van der Waals surface area contributed by atoms with Crippen LogP contribution in [0.15, 0.2) is 24.5 Å². The van der Waals surface area contributed by atoms with E-state index >= 15 is 0 Å². The van der Waals surface area contributed by atoms with Gasteiger partial charge in [0.2, 0.25) is 5.91 Å². The number of pyridine rings is 1. The molecule has 0 spiro atoms. The minimum atomic E-state index is 0.0369. The maximum absolute atomic E-state index is 12.8. The van der Waals surface area contributed by atoms with Crippen LogP contribution in [0.5, 0.6) is 0 Å². The Hall–Kier alpha value is -1.50. The van der Waals surface area contributed by atoms with Gasteiger partial charge in [0.25, 0.3) is 0 Å². The predicted molar refractivity (Wildman–Crippen MR) is 102 cm³/mol. The first-order chi connectivity index (χ1) is 12.6. The summed E-state index contributed by atoms with van der Waals surface area (Å²) in [6.45, 7) is 11.5. The van der Waals surface area contributed by atoms with Gasteiger partial charge >= 0.3 is 0 Å². The monoisotopic (exact) mass is 360 g/mol. The van der Waals surface area contributed by atoms with Gasteiger partial charge in [-0.3, -0.25) is 19.6 Å². The summed E-state index contributed by atoms with van der Waals surface area (Å²) in [5.74, 6) is 0.242. The van der Waals surface area contributed by atoms with Crippen LogP contribution in [0.2, 0.25) is 0 Å². The highest BCUT2D eigenvalue weighted by Gasteiger charge is 2.27. The Kier molecular flexibility index (Phi) is 7.00. The summed E-state index contributed by atoms with van der Waals surface area (Å²) < 4.78 is 5.85. The fourth-order valence-electron chi connectivity index (χ4n) is 3.78. The Labute approximate surface area is 157 Å². The highest BCUT2D eigenvalue weighted by atomic mass is 16.5. The van der Waals surface area contributed by atoms with E-state index in [1.165, 1.54) is 5.56 Å². The molecule has 1 atom stereocenters. The summed E-state index contributed by atoms with van der Waals surface area (Å²) in [7, 11) is 0. The number of aromatic nitrogens is 1. The van der Waals surface area contributed by atoms with Crippen LogP contribution in [-0.4, -0.2) is 83.6 Å². The Morgan fingerprint density at radius 3 is 2.77 bits per heavy atom. The first-order valence-electron chi connectivity index (χ1n) is 9.86. The van der Waals surface area contributed by atoms with E-state index in [0.29, 0.717) is 12.5 Å². The SMILES string of the molecule is CC(C)N1CCO[C@@H](CC(=O)N2CCCN(Cc3ccncc3)CC2)C1. The third kappa shape index (κ3) is 5.50. The molecule has 3 heterocycles. The summed E-state index contributed by atoms with van der Waals surface area (Å²) in [5, 5.41) is 0. The quantitative estimate of drug-likeness (QED) is 0.799. The van der Waals surface area contributed by atoms with Gasteiger partial charge in [-0.2, -0.15) is 0 Å². The lowest BCUT2D eigenvalue weighted by atomic mass is 10.1. The van der Waals surface area contributed by atoms with Gasteiger partial charge < -0.3 is 9.64 Å². The second kappa shape index (κ2) is 9.44. The largest absolute Gasteiger partial charge is 0.375 e. The second-order valence-corrected chi connectivity index (χ2v) is 7.65. The van der Waals surface area contributed by atoms with E-state index < -0.39 is 0 Å². The van der Waals surface area contributed by atoms with Crippen molar-refractivity contribution >= 4 is 5.91 Å². The number of ether oxygens (including phenoxy) is 1. The minimum absolute atomic E-state index is 0.0369. The van der Waals surface area contributed by atoms with E-state index in [2.05, 4.69) is 40.8 Å². The van der Waals surface area contributed by atoms with Gasteiger partial charge in [0.15, 0.2) is 0 Å². The van der Waals surface area contributed by atoms with Crippen molar-refractivity contribution in [1.82, 2.24) is 19.7 Å². The van der Waals surface area contributed by atoms with Gasteiger partial charge in [-0.05, 0) is 38.0 Å². The standard InChI is InChI=1S/C20H32N4O2/c1-17(2)24-12-13-26-19(16-24)14-20(25)23-9-3-8-22(10-11-23)15-18-4-6-21-7-5-18/h4-7,17,19H,3,8-16H2,1-2H3/t19-/m0/s1. The zero-order valence-electron chi connectivity index (χ0n) is 16.1. The van der Waals surface area contributed by atoms with Crippen molar-refractivity contribution in [1.29, 1.82) is 0 Å². The Balaban J connectivity index is 1.46. The molecule has 2 aliphatic rings. The van der Waals surface area contributed by atoms with E-state index in [9.17, 15) is 4.79 Å². The number of hydrogen-bond donors (Lipinski definition) is 0. The normalized spacial score (nSPS) is 23.2. The minimum Gasteiger partial charge on any atom is -0.375 e. The highest BCUT2D eigenvalue weighted by Crippen LogP contribution is 2.14. The van der Waals surface area contributed by atoms with Gasteiger partial charge in [0.1, 0.15) is 0 Å². The summed E-state index contributed by atoms with van der Waals surface area (Å²) in [5.41, 5.74) is 1.28. The summed E-state index contributed by atoms with van der Waals surface area (Å²) in [4.78, 5) is 23.7. The van der Waals surface area contributed by atoms with Crippen molar-refractivity contribution < 1.29 is 9.53 Å². The van der Waals surface area contributed by atoms with Gasteiger partial charge in [0, 0.05) is 64.2 Å². The molecule has 0 unspecified atom stereocenters. The maximum Gasteiger partial charge on any atom is 0.225 e. The van der Waals surface area contributed by atoms with Crippen LogP contribution in [-0.2, 0) is 16.1 Å². The van der Waals surface area contributed by atoms with Gasteiger partial charge in [-0.1, -0.05) is 0 Å². The van der Waals surface area contributed by atoms with Crippen LogP contribution in [0.3, 0.4) is 0 Å². The number of morpholine rings is 1.